The minimum atomic E-state index is -0.510. The van der Waals surface area contributed by atoms with Gasteiger partial charge in [0.05, 0.1) is 11.8 Å². The van der Waals surface area contributed by atoms with Gasteiger partial charge in [0.2, 0.25) is 0 Å². The van der Waals surface area contributed by atoms with Crippen molar-refractivity contribution in [3.05, 3.63) is 18.0 Å². The van der Waals surface area contributed by atoms with Gasteiger partial charge in [0.25, 0.3) is 0 Å². The number of rotatable bonds is 3. The molecular weight excluding hydrogens is 350 g/mol. The van der Waals surface area contributed by atoms with Crippen molar-refractivity contribution < 1.29 is 14.7 Å². The SMILES string of the molecule is C[C@@]1(O)CC[C@@]2(CCO)[C@@H](CCC3[C@@H]4CC[C@H](c5ccno5)[C@@]4(C)CC[C@@H]32)C1. The Morgan fingerprint density at radius 1 is 1.07 bits per heavy atom. The zero-order chi connectivity index (χ0) is 19.6. The van der Waals surface area contributed by atoms with Gasteiger partial charge in [-0.3, -0.25) is 0 Å². The van der Waals surface area contributed by atoms with Crippen LogP contribution in [0.15, 0.2) is 16.8 Å². The molecule has 0 aliphatic heterocycles. The maximum atomic E-state index is 10.7. The van der Waals surface area contributed by atoms with E-state index in [9.17, 15) is 10.2 Å². The van der Waals surface area contributed by atoms with Gasteiger partial charge in [-0.1, -0.05) is 12.1 Å². The summed E-state index contributed by atoms with van der Waals surface area (Å²) in [5, 5.41) is 24.7. The van der Waals surface area contributed by atoms with Crippen LogP contribution in [0, 0.1) is 34.5 Å². The topological polar surface area (TPSA) is 66.5 Å². The van der Waals surface area contributed by atoms with Gasteiger partial charge in [-0.05, 0) is 106 Å². The molecule has 156 valence electrons. The first-order chi connectivity index (χ1) is 13.4. The average molecular weight is 388 g/mol. The van der Waals surface area contributed by atoms with Gasteiger partial charge in [-0.25, -0.2) is 0 Å². The molecular formula is C24H37NO3. The van der Waals surface area contributed by atoms with Crippen molar-refractivity contribution >= 4 is 0 Å². The van der Waals surface area contributed by atoms with E-state index in [1.54, 1.807) is 6.20 Å². The summed E-state index contributed by atoms with van der Waals surface area (Å²) in [5.74, 6) is 4.45. The Labute approximate surface area is 169 Å². The van der Waals surface area contributed by atoms with Crippen LogP contribution in [0.1, 0.15) is 89.7 Å². The molecule has 4 aliphatic rings. The summed E-state index contributed by atoms with van der Waals surface area (Å²) in [6.45, 7) is 4.84. The molecule has 0 aromatic carbocycles. The number of aliphatic hydroxyl groups is 2. The van der Waals surface area contributed by atoms with Crippen molar-refractivity contribution in [2.24, 2.45) is 34.5 Å². The fraction of sp³-hybridized carbons (Fsp3) is 0.875. The summed E-state index contributed by atoms with van der Waals surface area (Å²) in [6.07, 6.45) is 13.3. The van der Waals surface area contributed by atoms with Crippen LogP contribution in [-0.4, -0.2) is 27.6 Å². The van der Waals surface area contributed by atoms with Gasteiger partial charge in [0.1, 0.15) is 5.76 Å². The number of hydrogen-bond donors (Lipinski definition) is 2. The fourth-order valence-corrected chi connectivity index (χ4v) is 8.81. The van der Waals surface area contributed by atoms with Gasteiger partial charge in [-0.2, -0.15) is 0 Å². The van der Waals surface area contributed by atoms with E-state index in [4.69, 9.17) is 4.52 Å². The Balaban J connectivity index is 1.45. The van der Waals surface area contributed by atoms with E-state index in [0.29, 0.717) is 23.9 Å². The normalized spacial score (nSPS) is 50.6. The maximum Gasteiger partial charge on any atom is 0.140 e. The Kier molecular flexibility index (Phi) is 4.48. The van der Waals surface area contributed by atoms with E-state index in [0.717, 1.165) is 49.2 Å². The Morgan fingerprint density at radius 2 is 1.93 bits per heavy atom. The van der Waals surface area contributed by atoms with Crippen LogP contribution in [-0.2, 0) is 0 Å². The molecule has 0 bridgehead atoms. The lowest BCUT2D eigenvalue weighted by molar-refractivity contribution is -0.158. The first-order valence-electron chi connectivity index (χ1n) is 11.6. The predicted octanol–water partition coefficient (Wildman–Crippen LogP) is 4.91. The van der Waals surface area contributed by atoms with Crippen molar-refractivity contribution in [1.82, 2.24) is 5.16 Å². The van der Waals surface area contributed by atoms with E-state index in [1.165, 1.54) is 38.5 Å². The zero-order valence-electron chi connectivity index (χ0n) is 17.6. The second kappa shape index (κ2) is 6.57. The molecule has 4 aliphatic carbocycles. The molecule has 0 radical (unpaired) electrons. The summed E-state index contributed by atoms with van der Waals surface area (Å²) in [7, 11) is 0. The molecule has 0 spiro atoms. The van der Waals surface area contributed by atoms with Crippen LogP contribution in [0.5, 0.6) is 0 Å². The molecule has 4 saturated carbocycles. The van der Waals surface area contributed by atoms with E-state index in [1.807, 2.05) is 6.92 Å². The highest BCUT2D eigenvalue weighted by Crippen LogP contribution is 2.70. The summed E-state index contributed by atoms with van der Waals surface area (Å²) in [6, 6.07) is 2.08. The van der Waals surface area contributed by atoms with E-state index < -0.39 is 5.60 Å². The Morgan fingerprint density at radius 3 is 2.68 bits per heavy atom. The highest BCUT2D eigenvalue weighted by atomic mass is 16.5. The summed E-state index contributed by atoms with van der Waals surface area (Å²) in [5.41, 5.74) is 0.0735. The van der Waals surface area contributed by atoms with Crippen LogP contribution in [0.2, 0.25) is 0 Å². The van der Waals surface area contributed by atoms with Crippen molar-refractivity contribution in [3.63, 3.8) is 0 Å². The van der Waals surface area contributed by atoms with Crippen LogP contribution < -0.4 is 0 Å². The molecule has 0 saturated heterocycles. The second-order valence-corrected chi connectivity index (χ2v) is 11.1. The second-order valence-electron chi connectivity index (χ2n) is 11.1. The third-order valence-electron chi connectivity index (χ3n) is 10.0. The molecule has 4 nitrogen and oxygen atoms in total. The van der Waals surface area contributed by atoms with Gasteiger partial charge in [0, 0.05) is 18.6 Å². The summed E-state index contributed by atoms with van der Waals surface area (Å²) < 4.78 is 5.62. The minimum Gasteiger partial charge on any atom is -0.396 e. The minimum absolute atomic E-state index is 0.256. The standard InChI is InChI=1S/C24H37NO3/c1-22(27)10-11-24(12-14-26)16(15-22)3-4-17-18-5-6-20(21-8-13-25-28-21)23(18,2)9-7-19(17)24/h8,13,16-20,26-27H,3-7,9-12,14-15H2,1-2H3/t16-,17?,18-,19-,20+,22+,23-,24+/m0/s1. The average Bonchev–Trinajstić information content (AvgIpc) is 3.28. The molecule has 28 heavy (non-hydrogen) atoms. The molecule has 5 rings (SSSR count). The largest absolute Gasteiger partial charge is 0.396 e. The van der Waals surface area contributed by atoms with Crippen LogP contribution in [0.25, 0.3) is 0 Å². The molecule has 1 unspecified atom stereocenters. The monoisotopic (exact) mass is 387 g/mol. The number of fused-ring (bicyclic) bond motifs is 5. The van der Waals surface area contributed by atoms with E-state index >= 15 is 0 Å². The Hall–Kier alpha value is -0.870. The van der Waals surface area contributed by atoms with Gasteiger partial charge >= 0.3 is 0 Å². The molecule has 4 fully saturated rings. The van der Waals surface area contributed by atoms with Crippen LogP contribution in [0.3, 0.4) is 0 Å². The number of aliphatic hydroxyl groups excluding tert-OH is 1. The number of aromatic nitrogens is 1. The molecule has 0 amide bonds. The number of hydrogen-bond acceptors (Lipinski definition) is 4. The molecule has 1 aromatic heterocycles. The highest BCUT2D eigenvalue weighted by molar-refractivity contribution is 5.18. The Bertz CT molecular complexity index is 701. The first kappa shape index (κ1) is 19.1. The van der Waals surface area contributed by atoms with Crippen LogP contribution in [0.4, 0.5) is 0 Å². The fourth-order valence-electron chi connectivity index (χ4n) is 8.81. The molecule has 8 atom stereocenters. The van der Waals surface area contributed by atoms with Gasteiger partial charge < -0.3 is 14.7 Å². The molecule has 4 heteroatoms. The van der Waals surface area contributed by atoms with Crippen LogP contribution >= 0.6 is 0 Å². The van der Waals surface area contributed by atoms with Crippen molar-refractivity contribution in [3.8, 4) is 0 Å². The van der Waals surface area contributed by atoms with Crippen molar-refractivity contribution in [2.75, 3.05) is 6.61 Å². The highest BCUT2D eigenvalue weighted by Gasteiger charge is 2.62. The maximum absolute atomic E-state index is 10.7. The smallest absolute Gasteiger partial charge is 0.140 e. The molecule has 1 heterocycles. The molecule has 1 aromatic rings. The summed E-state index contributed by atoms with van der Waals surface area (Å²) in [4.78, 5) is 0. The third-order valence-corrected chi connectivity index (χ3v) is 10.0. The molecule has 2 N–H and O–H groups in total. The van der Waals surface area contributed by atoms with E-state index in [2.05, 4.69) is 18.1 Å². The number of nitrogens with zero attached hydrogens (tertiary/aromatic N) is 1. The van der Waals surface area contributed by atoms with Crippen molar-refractivity contribution in [1.29, 1.82) is 0 Å². The quantitative estimate of drug-likeness (QED) is 0.773. The van der Waals surface area contributed by atoms with Crippen molar-refractivity contribution in [2.45, 2.75) is 89.6 Å². The van der Waals surface area contributed by atoms with Gasteiger partial charge in [-0.15, -0.1) is 0 Å². The summed E-state index contributed by atoms with van der Waals surface area (Å²) >= 11 is 0. The zero-order valence-corrected chi connectivity index (χ0v) is 17.6. The third kappa shape index (κ3) is 2.66. The lowest BCUT2D eigenvalue weighted by Gasteiger charge is -2.63. The lowest BCUT2D eigenvalue weighted by atomic mass is 9.42. The predicted molar refractivity (Wildman–Crippen MR) is 108 cm³/mol. The van der Waals surface area contributed by atoms with E-state index in [-0.39, 0.29) is 5.41 Å². The first-order valence-corrected chi connectivity index (χ1v) is 11.6. The lowest BCUT2D eigenvalue weighted by Crippen LogP contribution is -2.56. The van der Waals surface area contributed by atoms with Gasteiger partial charge in [0.15, 0.2) is 0 Å².